The third kappa shape index (κ3) is 4.34. The maximum Gasteiger partial charge on any atom is 0.311 e. The van der Waals surface area contributed by atoms with E-state index in [0.717, 1.165) is 18.6 Å². The van der Waals surface area contributed by atoms with E-state index in [-0.39, 0.29) is 5.97 Å². The summed E-state index contributed by atoms with van der Waals surface area (Å²) in [5, 5.41) is 0. The Bertz CT molecular complexity index is 316. The zero-order valence-corrected chi connectivity index (χ0v) is 9.86. The third-order valence-corrected chi connectivity index (χ3v) is 2.10. The van der Waals surface area contributed by atoms with Crippen LogP contribution in [0.2, 0.25) is 0 Å². The number of benzene rings is 1. The van der Waals surface area contributed by atoms with Crippen LogP contribution in [0.3, 0.4) is 0 Å². The van der Waals surface area contributed by atoms with Crippen molar-refractivity contribution in [1.29, 1.82) is 0 Å². The molecule has 0 aliphatic rings. The van der Waals surface area contributed by atoms with Gasteiger partial charge in [-0.1, -0.05) is 13.3 Å². The molecule has 0 aliphatic heterocycles. The van der Waals surface area contributed by atoms with E-state index < -0.39 is 0 Å². The quantitative estimate of drug-likeness (QED) is 0.547. The number of rotatable bonds is 6. The summed E-state index contributed by atoms with van der Waals surface area (Å²) in [6.07, 6.45) is 2.35. The van der Waals surface area contributed by atoms with Crippen LogP contribution in [0.15, 0.2) is 24.3 Å². The van der Waals surface area contributed by atoms with Gasteiger partial charge in [0.25, 0.3) is 0 Å². The van der Waals surface area contributed by atoms with Gasteiger partial charge < -0.3 is 9.47 Å². The predicted octanol–water partition coefficient (Wildman–Crippen LogP) is 3.18. The molecular formula is C13H18O3. The maximum absolute atomic E-state index is 11.3. The zero-order chi connectivity index (χ0) is 11.8. The lowest BCUT2D eigenvalue weighted by atomic mass is 10.2. The van der Waals surface area contributed by atoms with Crippen LogP contribution in [-0.2, 0) is 4.79 Å². The second kappa shape index (κ2) is 6.88. The minimum atomic E-state index is -0.175. The van der Waals surface area contributed by atoms with Crippen molar-refractivity contribution in [3.05, 3.63) is 24.3 Å². The first-order chi connectivity index (χ1) is 7.76. The number of hydrogen-bond donors (Lipinski definition) is 0. The first-order valence-electron chi connectivity index (χ1n) is 5.69. The molecule has 3 nitrogen and oxygen atoms in total. The van der Waals surface area contributed by atoms with Crippen molar-refractivity contribution in [3.8, 4) is 11.5 Å². The second-order valence-electron chi connectivity index (χ2n) is 3.48. The van der Waals surface area contributed by atoms with Crippen LogP contribution >= 0.6 is 0 Å². The molecule has 0 radical (unpaired) electrons. The van der Waals surface area contributed by atoms with E-state index in [0.29, 0.717) is 18.8 Å². The number of carbonyl (C=O) groups excluding carboxylic acids is 1. The van der Waals surface area contributed by atoms with Crippen LogP contribution in [0.4, 0.5) is 0 Å². The van der Waals surface area contributed by atoms with Crippen molar-refractivity contribution in [3.63, 3.8) is 0 Å². The number of esters is 1. The SMILES string of the molecule is CCCCC(=O)Oc1ccc(OCC)cc1. The molecule has 0 N–H and O–H groups in total. The Balaban J connectivity index is 2.45. The van der Waals surface area contributed by atoms with Crippen LogP contribution in [0, 0.1) is 0 Å². The average Bonchev–Trinajstić information content (AvgIpc) is 2.29. The van der Waals surface area contributed by atoms with Gasteiger partial charge in [-0.05, 0) is 37.6 Å². The Hall–Kier alpha value is -1.51. The number of carbonyl (C=O) groups is 1. The molecule has 0 aliphatic carbocycles. The fraction of sp³-hybridized carbons (Fsp3) is 0.462. The Morgan fingerprint density at radius 2 is 1.75 bits per heavy atom. The molecular weight excluding hydrogens is 204 g/mol. The minimum absolute atomic E-state index is 0.175. The van der Waals surface area contributed by atoms with E-state index in [1.807, 2.05) is 13.8 Å². The van der Waals surface area contributed by atoms with Crippen LogP contribution < -0.4 is 9.47 Å². The van der Waals surface area contributed by atoms with Gasteiger partial charge in [0.2, 0.25) is 0 Å². The number of hydrogen-bond acceptors (Lipinski definition) is 3. The molecule has 0 spiro atoms. The number of ether oxygens (including phenoxy) is 2. The standard InChI is InChI=1S/C13H18O3/c1-3-5-6-13(14)16-12-9-7-11(8-10-12)15-4-2/h7-10H,3-6H2,1-2H3. The van der Waals surface area contributed by atoms with Gasteiger partial charge in [-0.3, -0.25) is 4.79 Å². The average molecular weight is 222 g/mol. The van der Waals surface area contributed by atoms with Gasteiger partial charge in [0, 0.05) is 6.42 Å². The Morgan fingerprint density at radius 1 is 1.12 bits per heavy atom. The van der Waals surface area contributed by atoms with Crippen molar-refractivity contribution < 1.29 is 14.3 Å². The molecule has 1 aromatic carbocycles. The predicted molar refractivity (Wildman–Crippen MR) is 62.8 cm³/mol. The molecule has 0 heterocycles. The monoisotopic (exact) mass is 222 g/mol. The van der Waals surface area contributed by atoms with Crippen LogP contribution in [-0.4, -0.2) is 12.6 Å². The maximum atomic E-state index is 11.3. The summed E-state index contributed by atoms with van der Waals surface area (Å²) in [5.74, 6) is 1.19. The summed E-state index contributed by atoms with van der Waals surface area (Å²) in [6, 6.07) is 7.08. The lowest BCUT2D eigenvalue weighted by Gasteiger charge is -2.05. The van der Waals surface area contributed by atoms with E-state index in [1.54, 1.807) is 24.3 Å². The molecule has 16 heavy (non-hydrogen) atoms. The van der Waals surface area contributed by atoms with Crippen molar-refractivity contribution in [2.45, 2.75) is 33.1 Å². The van der Waals surface area contributed by atoms with Gasteiger partial charge in [0.05, 0.1) is 6.61 Å². The Kier molecular flexibility index (Phi) is 5.40. The van der Waals surface area contributed by atoms with Gasteiger partial charge in [-0.15, -0.1) is 0 Å². The van der Waals surface area contributed by atoms with Crippen molar-refractivity contribution in [1.82, 2.24) is 0 Å². The van der Waals surface area contributed by atoms with Gasteiger partial charge in [-0.2, -0.15) is 0 Å². The number of unbranched alkanes of at least 4 members (excludes halogenated alkanes) is 1. The molecule has 0 saturated carbocycles. The van der Waals surface area contributed by atoms with Crippen molar-refractivity contribution in [2.24, 2.45) is 0 Å². The second-order valence-corrected chi connectivity index (χ2v) is 3.48. The lowest BCUT2D eigenvalue weighted by molar-refractivity contribution is -0.134. The summed E-state index contributed by atoms with van der Waals surface area (Å²) in [6.45, 7) is 4.61. The van der Waals surface area contributed by atoms with Gasteiger partial charge >= 0.3 is 5.97 Å². The highest BCUT2D eigenvalue weighted by molar-refractivity contribution is 5.72. The van der Waals surface area contributed by atoms with Gasteiger partial charge in [0.1, 0.15) is 11.5 Å². The highest BCUT2D eigenvalue weighted by atomic mass is 16.5. The molecule has 88 valence electrons. The van der Waals surface area contributed by atoms with Crippen LogP contribution in [0.1, 0.15) is 33.1 Å². The lowest BCUT2D eigenvalue weighted by Crippen LogP contribution is -2.07. The molecule has 1 rings (SSSR count). The van der Waals surface area contributed by atoms with E-state index in [2.05, 4.69) is 0 Å². The Labute approximate surface area is 96.4 Å². The fourth-order valence-corrected chi connectivity index (χ4v) is 1.27. The summed E-state index contributed by atoms with van der Waals surface area (Å²) in [4.78, 5) is 11.3. The molecule has 0 fully saturated rings. The van der Waals surface area contributed by atoms with Gasteiger partial charge in [-0.25, -0.2) is 0 Å². The van der Waals surface area contributed by atoms with Crippen LogP contribution in [0.25, 0.3) is 0 Å². The Morgan fingerprint density at radius 3 is 2.31 bits per heavy atom. The van der Waals surface area contributed by atoms with Crippen molar-refractivity contribution >= 4 is 5.97 Å². The topological polar surface area (TPSA) is 35.5 Å². The summed E-state index contributed by atoms with van der Waals surface area (Å²) in [5.41, 5.74) is 0. The molecule has 0 unspecified atom stereocenters. The van der Waals surface area contributed by atoms with Crippen molar-refractivity contribution in [2.75, 3.05) is 6.61 Å². The first-order valence-corrected chi connectivity index (χ1v) is 5.69. The molecule has 0 atom stereocenters. The van der Waals surface area contributed by atoms with E-state index in [9.17, 15) is 4.79 Å². The first kappa shape index (κ1) is 12.6. The van der Waals surface area contributed by atoms with Gasteiger partial charge in [0.15, 0.2) is 0 Å². The fourth-order valence-electron chi connectivity index (χ4n) is 1.27. The van der Waals surface area contributed by atoms with E-state index in [4.69, 9.17) is 9.47 Å². The zero-order valence-electron chi connectivity index (χ0n) is 9.86. The molecule has 0 bridgehead atoms. The van der Waals surface area contributed by atoms with Crippen LogP contribution in [0.5, 0.6) is 11.5 Å². The molecule has 0 amide bonds. The smallest absolute Gasteiger partial charge is 0.311 e. The van der Waals surface area contributed by atoms with E-state index >= 15 is 0 Å². The molecule has 0 aromatic heterocycles. The molecule has 1 aromatic rings. The highest BCUT2D eigenvalue weighted by Crippen LogP contribution is 2.18. The largest absolute Gasteiger partial charge is 0.494 e. The molecule has 3 heteroatoms. The third-order valence-electron chi connectivity index (χ3n) is 2.10. The van der Waals surface area contributed by atoms with E-state index in [1.165, 1.54) is 0 Å². The minimum Gasteiger partial charge on any atom is -0.494 e. The molecule has 0 saturated heterocycles. The summed E-state index contributed by atoms with van der Waals surface area (Å²) >= 11 is 0. The normalized spacial score (nSPS) is 9.88. The summed E-state index contributed by atoms with van der Waals surface area (Å²) < 4.78 is 10.4. The summed E-state index contributed by atoms with van der Waals surface area (Å²) in [7, 11) is 0. The highest BCUT2D eigenvalue weighted by Gasteiger charge is 2.03.